The first kappa shape index (κ1) is 25.2. The van der Waals surface area contributed by atoms with Gasteiger partial charge in [-0.2, -0.15) is 0 Å². The SMILES string of the molecule is C[C@H]1CCc2c(N3CCC(O)CC3)c(F)cc3c(=O)c(C(=O)OCCOC(=O)C(C)(C)C)cn1c23. The molecular formula is C26H33FN2O6. The molecule has 8 nitrogen and oxygen atoms in total. The largest absolute Gasteiger partial charge is 0.462 e. The van der Waals surface area contributed by atoms with Crippen LogP contribution < -0.4 is 10.3 Å². The number of hydrogen-bond donors (Lipinski definition) is 1. The van der Waals surface area contributed by atoms with E-state index in [-0.39, 0.29) is 36.3 Å². The monoisotopic (exact) mass is 488 g/mol. The van der Waals surface area contributed by atoms with E-state index in [4.69, 9.17) is 9.47 Å². The summed E-state index contributed by atoms with van der Waals surface area (Å²) in [5, 5.41) is 10.0. The number of anilines is 1. The number of benzene rings is 1. The Labute approximate surface area is 203 Å². The fraction of sp³-hybridized carbons (Fsp3) is 0.577. The molecule has 1 aromatic heterocycles. The summed E-state index contributed by atoms with van der Waals surface area (Å²) in [7, 11) is 0. The minimum absolute atomic E-state index is 0.00591. The van der Waals surface area contributed by atoms with Crippen LogP contribution >= 0.6 is 0 Å². The first-order valence-electron chi connectivity index (χ1n) is 12.2. The molecule has 0 spiro atoms. The number of aromatic nitrogens is 1. The van der Waals surface area contributed by atoms with Gasteiger partial charge in [-0.05, 0) is 59.4 Å². The number of esters is 2. The molecule has 1 N–H and O–H groups in total. The summed E-state index contributed by atoms with van der Waals surface area (Å²) in [5.41, 5.74) is 0.470. The van der Waals surface area contributed by atoms with Gasteiger partial charge in [0.25, 0.3) is 0 Å². The van der Waals surface area contributed by atoms with Gasteiger partial charge in [0, 0.05) is 36.3 Å². The van der Waals surface area contributed by atoms with Crippen molar-refractivity contribution < 1.29 is 28.6 Å². The Morgan fingerprint density at radius 2 is 1.80 bits per heavy atom. The molecule has 2 aliphatic heterocycles. The third-order valence-electron chi connectivity index (χ3n) is 6.79. The van der Waals surface area contributed by atoms with Gasteiger partial charge in [0.15, 0.2) is 0 Å². The summed E-state index contributed by atoms with van der Waals surface area (Å²) >= 11 is 0. The van der Waals surface area contributed by atoms with Crippen LogP contribution in [0.1, 0.15) is 68.9 Å². The number of piperidine rings is 1. The highest BCUT2D eigenvalue weighted by atomic mass is 19.1. The number of aryl methyl sites for hydroxylation is 1. The van der Waals surface area contributed by atoms with Crippen LogP contribution in [0, 0.1) is 11.2 Å². The van der Waals surface area contributed by atoms with Crippen LogP contribution in [0.4, 0.5) is 10.1 Å². The van der Waals surface area contributed by atoms with Crippen LogP contribution in [0.15, 0.2) is 17.1 Å². The van der Waals surface area contributed by atoms with Gasteiger partial charge < -0.3 is 24.0 Å². The summed E-state index contributed by atoms with van der Waals surface area (Å²) in [5.74, 6) is -1.75. The summed E-state index contributed by atoms with van der Waals surface area (Å²) in [4.78, 5) is 39.8. The van der Waals surface area contributed by atoms with Crippen LogP contribution in [-0.2, 0) is 20.7 Å². The Bertz CT molecular complexity index is 1210. The molecule has 1 saturated heterocycles. The minimum atomic E-state index is -0.832. The molecule has 0 saturated carbocycles. The topological polar surface area (TPSA) is 98.1 Å². The molecule has 4 rings (SSSR count). The average Bonchev–Trinajstić information content (AvgIpc) is 2.80. The number of rotatable bonds is 5. The lowest BCUT2D eigenvalue weighted by atomic mass is 9.93. The first-order chi connectivity index (χ1) is 16.5. The molecular weight excluding hydrogens is 455 g/mol. The third kappa shape index (κ3) is 4.91. The van der Waals surface area contributed by atoms with Crippen LogP contribution in [0.2, 0.25) is 0 Å². The smallest absolute Gasteiger partial charge is 0.343 e. The summed E-state index contributed by atoms with van der Waals surface area (Å²) in [6.45, 7) is 7.93. The van der Waals surface area contributed by atoms with Gasteiger partial charge in [-0.25, -0.2) is 9.18 Å². The van der Waals surface area contributed by atoms with Gasteiger partial charge in [0.05, 0.1) is 22.7 Å². The molecule has 35 heavy (non-hydrogen) atoms. The van der Waals surface area contributed by atoms with E-state index < -0.39 is 28.6 Å². The molecule has 1 aromatic carbocycles. The van der Waals surface area contributed by atoms with Gasteiger partial charge in [-0.3, -0.25) is 9.59 Å². The molecule has 9 heteroatoms. The van der Waals surface area contributed by atoms with E-state index in [9.17, 15) is 19.5 Å². The lowest BCUT2D eigenvalue weighted by Crippen LogP contribution is -2.37. The minimum Gasteiger partial charge on any atom is -0.462 e. The van der Waals surface area contributed by atoms with Crippen molar-refractivity contribution in [1.82, 2.24) is 4.57 Å². The molecule has 0 radical (unpaired) electrons. The molecule has 2 aromatic rings. The summed E-state index contributed by atoms with van der Waals surface area (Å²) < 4.78 is 27.6. The normalized spacial score (nSPS) is 18.6. The molecule has 1 atom stereocenters. The van der Waals surface area contributed by atoms with Gasteiger partial charge in [0.1, 0.15) is 24.6 Å². The van der Waals surface area contributed by atoms with E-state index in [1.165, 1.54) is 12.3 Å². The second-order valence-electron chi connectivity index (χ2n) is 10.5. The van der Waals surface area contributed by atoms with Crippen LogP contribution in [0.3, 0.4) is 0 Å². The molecule has 0 amide bonds. The Kier molecular flexibility index (Phi) is 6.90. The molecule has 0 unspecified atom stereocenters. The fourth-order valence-electron chi connectivity index (χ4n) is 4.77. The van der Waals surface area contributed by atoms with Crippen molar-refractivity contribution in [3.05, 3.63) is 39.4 Å². The number of nitrogens with zero attached hydrogens (tertiary/aromatic N) is 2. The van der Waals surface area contributed by atoms with Gasteiger partial charge in [-0.15, -0.1) is 0 Å². The number of carbonyl (C=O) groups is 2. The van der Waals surface area contributed by atoms with Crippen LogP contribution in [0.5, 0.6) is 0 Å². The van der Waals surface area contributed by atoms with Crippen molar-refractivity contribution in [1.29, 1.82) is 0 Å². The van der Waals surface area contributed by atoms with Crippen molar-refractivity contribution in [3.8, 4) is 0 Å². The van der Waals surface area contributed by atoms with E-state index in [0.717, 1.165) is 12.0 Å². The van der Waals surface area contributed by atoms with Crippen molar-refractivity contribution in [3.63, 3.8) is 0 Å². The standard InChI is InChI=1S/C26H33FN2O6/c1-15-5-6-17-21-18(13-20(27)22(17)28-9-7-16(30)8-10-28)23(31)19(14-29(15)21)24(32)34-11-12-35-25(33)26(2,3)4/h13-16,30H,5-12H2,1-4H3/t15-/m0/s1. The maximum Gasteiger partial charge on any atom is 0.343 e. The molecule has 3 heterocycles. The van der Waals surface area contributed by atoms with Crippen molar-refractivity contribution in [2.45, 2.75) is 65.5 Å². The highest BCUT2D eigenvalue weighted by Crippen LogP contribution is 2.38. The van der Waals surface area contributed by atoms with Crippen molar-refractivity contribution in [2.75, 3.05) is 31.2 Å². The van der Waals surface area contributed by atoms with Gasteiger partial charge >= 0.3 is 11.9 Å². The van der Waals surface area contributed by atoms with E-state index in [0.29, 0.717) is 43.6 Å². The summed E-state index contributed by atoms with van der Waals surface area (Å²) in [6.07, 6.45) is 3.60. The zero-order chi connectivity index (χ0) is 25.5. The Balaban J connectivity index is 1.65. The number of carbonyl (C=O) groups excluding carboxylic acids is 2. The van der Waals surface area contributed by atoms with Crippen LogP contribution in [-0.4, -0.2) is 54.0 Å². The average molecular weight is 489 g/mol. The molecule has 0 bridgehead atoms. The zero-order valence-corrected chi connectivity index (χ0v) is 20.7. The lowest BCUT2D eigenvalue weighted by Gasteiger charge is -2.36. The van der Waals surface area contributed by atoms with E-state index >= 15 is 4.39 Å². The third-order valence-corrected chi connectivity index (χ3v) is 6.79. The second-order valence-corrected chi connectivity index (χ2v) is 10.5. The number of ether oxygens (including phenoxy) is 2. The second kappa shape index (κ2) is 9.60. The highest BCUT2D eigenvalue weighted by molar-refractivity contribution is 5.96. The molecule has 0 aliphatic carbocycles. The number of aliphatic hydroxyl groups excluding tert-OH is 1. The number of pyridine rings is 1. The Morgan fingerprint density at radius 3 is 2.46 bits per heavy atom. The van der Waals surface area contributed by atoms with Gasteiger partial charge in [0.2, 0.25) is 5.43 Å². The maximum absolute atomic E-state index is 15.4. The number of halogens is 1. The Morgan fingerprint density at radius 1 is 1.14 bits per heavy atom. The van der Waals surface area contributed by atoms with E-state index in [2.05, 4.69) is 0 Å². The molecule has 1 fully saturated rings. The Hall–Kier alpha value is -2.94. The predicted octanol–water partition coefficient (Wildman–Crippen LogP) is 3.36. The summed E-state index contributed by atoms with van der Waals surface area (Å²) in [6, 6.07) is 1.23. The quantitative estimate of drug-likeness (QED) is 0.509. The molecule has 190 valence electrons. The van der Waals surface area contributed by atoms with Crippen molar-refractivity contribution in [2.24, 2.45) is 5.41 Å². The number of aliphatic hydroxyl groups is 1. The van der Waals surface area contributed by atoms with Crippen LogP contribution in [0.25, 0.3) is 10.9 Å². The van der Waals surface area contributed by atoms with Crippen molar-refractivity contribution >= 4 is 28.5 Å². The first-order valence-corrected chi connectivity index (χ1v) is 12.2. The van der Waals surface area contributed by atoms with E-state index in [1.807, 2.05) is 16.4 Å². The lowest BCUT2D eigenvalue weighted by molar-refractivity contribution is -0.154. The van der Waals surface area contributed by atoms with Gasteiger partial charge in [-0.1, -0.05) is 0 Å². The van der Waals surface area contributed by atoms with E-state index in [1.54, 1.807) is 20.8 Å². The molecule has 2 aliphatic rings. The fourth-order valence-corrected chi connectivity index (χ4v) is 4.77. The highest BCUT2D eigenvalue weighted by Gasteiger charge is 2.30. The predicted molar refractivity (Wildman–Crippen MR) is 129 cm³/mol. The maximum atomic E-state index is 15.4. The number of hydrogen-bond acceptors (Lipinski definition) is 7. The zero-order valence-electron chi connectivity index (χ0n) is 20.7.